The highest BCUT2D eigenvalue weighted by Gasteiger charge is 2.18. The summed E-state index contributed by atoms with van der Waals surface area (Å²) in [6.07, 6.45) is 3.49. The number of hydrogen-bond donors (Lipinski definition) is 3. The van der Waals surface area contributed by atoms with Gasteiger partial charge in [-0.3, -0.25) is 10.1 Å². The molecular weight excluding hydrogens is 306 g/mol. The molecule has 0 radical (unpaired) electrons. The molecular formula is C17H23N5O2. The molecule has 24 heavy (non-hydrogen) atoms. The maximum atomic E-state index is 12.3. The number of nitrogens with one attached hydrogen (secondary N) is 2. The molecule has 0 saturated carbocycles. The summed E-state index contributed by atoms with van der Waals surface area (Å²) in [6, 6.07) is 5.10. The Morgan fingerprint density at radius 1 is 1.29 bits per heavy atom. The quantitative estimate of drug-likeness (QED) is 0.802. The summed E-state index contributed by atoms with van der Waals surface area (Å²) in [6.45, 7) is 5.93. The summed E-state index contributed by atoms with van der Waals surface area (Å²) in [4.78, 5) is 18.8. The smallest absolute Gasteiger partial charge is 0.261 e. The number of benzene rings is 1. The number of amides is 1. The van der Waals surface area contributed by atoms with Gasteiger partial charge in [0, 0.05) is 13.1 Å². The number of aromatic hydroxyl groups is 1. The van der Waals surface area contributed by atoms with Gasteiger partial charge in [-0.05, 0) is 42.9 Å². The molecule has 1 amide bonds. The molecule has 1 aliphatic rings. The lowest BCUT2D eigenvalue weighted by molar-refractivity contribution is 0.102. The zero-order valence-electron chi connectivity index (χ0n) is 14.0. The summed E-state index contributed by atoms with van der Waals surface area (Å²) in [5.74, 6) is 0.727. The fourth-order valence-corrected chi connectivity index (χ4v) is 2.82. The number of carbonyl (C=O) groups is 1. The number of H-pyrrole nitrogens is 1. The molecule has 7 heteroatoms. The highest BCUT2D eigenvalue weighted by molar-refractivity contribution is 6.05. The first-order valence-electron chi connectivity index (χ1n) is 8.36. The molecule has 0 aliphatic carbocycles. The third kappa shape index (κ3) is 3.50. The van der Waals surface area contributed by atoms with E-state index < -0.39 is 5.91 Å². The van der Waals surface area contributed by atoms with Gasteiger partial charge < -0.3 is 10.0 Å². The van der Waals surface area contributed by atoms with Crippen LogP contribution in [0.1, 0.15) is 54.9 Å². The summed E-state index contributed by atoms with van der Waals surface area (Å²) in [5, 5.41) is 19.6. The average molecular weight is 329 g/mol. The normalized spacial score (nSPS) is 14.9. The molecule has 2 aromatic rings. The van der Waals surface area contributed by atoms with Gasteiger partial charge in [0.1, 0.15) is 5.75 Å². The standard InChI is InChI=1S/C17H23N5O2/c1-11(2)12-6-7-13(14(23)10-12)15(24)18-16-19-17(21-20-16)22-8-4-3-5-9-22/h6-7,10-11,23H,3-5,8-9H2,1-2H3,(H2,18,19,20,21,24). The first-order valence-corrected chi connectivity index (χ1v) is 8.36. The highest BCUT2D eigenvalue weighted by Crippen LogP contribution is 2.24. The molecule has 1 aliphatic heterocycles. The number of hydrogen-bond acceptors (Lipinski definition) is 5. The van der Waals surface area contributed by atoms with Gasteiger partial charge >= 0.3 is 0 Å². The fraction of sp³-hybridized carbons (Fsp3) is 0.471. The molecule has 1 saturated heterocycles. The van der Waals surface area contributed by atoms with Gasteiger partial charge in [0.15, 0.2) is 0 Å². The van der Waals surface area contributed by atoms with E-state index in [0.717, 1.165) is 31.5 Å². The number of rotatable bonds is 4. The van der Waals surface area contributed by atoms with Crippen molar-refractivity contribution in [1.82, 2.24) is 15.2 Å². The largest absolute Gasteiger partial charge is 0.507 e. The minimum Gasteiger partial charge on any atom is -0.507 e. The van der Waals surface area contributed by atoms with E-state index in [1.807, 2.05) is 19.9 Å². The zero-order valence-corrected chi connectivity index (χ0v) is 14.0. The van der Waals surface area contributed by atoms with Crippen LogP contribution < -0.4 is 10.2 Å². The van der Waals surface area contributed by atoms with Crippen molar-refractivity contribution in [1.29, 1.82) is 0 Å². The van der Waals surface area contributed by atoms with Crippen LogP contribution in [0.3, 0.4) is 0 Å². The molecule has 7 nitrogen and oxygen atoms in total. The predicted molar refractivity (Wildman–Crippen MR) is 92.6 cm³/mol. The highest BCUT2D eigenvalue weighted by atomic mass is 16.3. The Balaban J connectivity index is 1.70. The first-order chi connectivity index (χ1) is 11.5. The minimum absolute atomic E-state index is 0.0329. The Morgan fingerprint density at radius 2 is 2.04 bits per heavy atom. The number of phenols is 1. The van der Waals surface area contributed by atoms with Crippen molar-refractivity contribution >= 4 is 17.8 Å². The van der Waals surface area contributed by atoms with Crippen molar-refractivity contribution in [2.75, 3.05) is 23.3 Å². The molecule has 0 spiro atoms. The molecule has 128 valence electrons. The van der Waals surface area contributed by atoms with Crippen LogP contribution in [0.4, 0.5) is 11.9 Å². The average Bonchev–Trinajstić information content (AvgIpc) is 3.03. The molecule has 2 heterocycles. The Labute approximate surface area is 141 Å². The van der Waals surface area contributed by atoms with Gasteiger partial charge in [-0.15, -0.1) is 5.10 Å². The predicted octanol–water partition coefficient (Wildman–Crippen LogP) is 2.88. The number of anilines is 2. The number of nitrogens with zero attached hydrogens (tertiary/aromatic N) is 3. The lowest BCUT2D eigenvalue weighted by atomic mass is 10.0. The van der Waals surface area contributed by atoms with Crippen LogP contribution in [0, 0.1) is 0 Å². The zero-order chi connectivity index (χ0) is 17.1. The van der Waals surface area contributed by atoms with Crippen molar-refractivity contribution in [3.63, 3.8) is 0 Å². The summed E-state index contributed by atoms with van der Waals surface area (Å²) >= 11 is 0. The third-order valence-corrected chi connectivity index (χ3v) is 4.28. The van der Waals surface area contributed by atoms with E-state index in [9.17, 15) is 9.90 Å². The van der Waals surface area contributed by atoms with Gasteiger partial charge in [-0.1, -0.05) is 19.9 Å². The first kappa shape index (κ1) is 16.3. The molecule has 0 atom stereocenters. The van der Waals surface area contributed by atoms with Crippen LogP contribution in [0.2, 0.25) is 0 Å². The van der Waals surface area contributed by atoms with Crippen LogP contribution >= 0.6 is 0 Å². The topological polar surface area (TPSA) is 94.1 Å². The van der Waals surface area contributed by atoms with Gasteiger partial charge in [0.2, 0.25) is 11.9 Å². The summed E-state index contributed by atoms with van der Waals surface area (Å²) in [5.41, 5.74) is 1.20. The van der Waals surface area contributed by atoms with Crippen LogP contribution in [0.5, 0.6) is 5.75 Å². The molecule has 3 rings (SSSR count). The second kappa shape index (κ2) is 6.90. The van der Waals surface area contributed by atoms with E-state index in [0.29, 0.717) is 5.95 Å². The second-order valence-electron chi connectivity index (χ2n) is 6.42. The van der Waals surface area contributed by atoms with Crippen molar-refractivity contribution < 1.29 is 9.90 Å². The van der Waals surface area contributed by atoms with Crippen molar-refractivity contribution in [3.8, 4) is 5.75 Å². The summed E-state index contributed by atoms with van der Waals surface area (Å²) in [7, 11) is 0. The van der Waals surface area contributed by atoms with E-state index in [1.165, 1.54) is 6.42 Å². The monoisotopic (exact) mass is 329 g/mol. The van der Waals surface area contributed by atoms with Crippen LogP contribution in [0.15, 0.2) is 18.2 Å². The lowest BCUT2D eigenvalue weighted by Gasteiger charge is -2.24. The van der Waals surface area contributed by atoms with Crippen molar-refractivity contribution in [3.05, 3.63) is 29.3 Å². The van der Waals surface area contributed by atoms with Crippen molar-refractivity contribution in [2.24, 2.45) is 0 Å². The molecule has 1 aromatic carbocycles. The second-order valence-corrected chi connectivity index (χ2v) is 6.42. The Morgan fingerprint density at radius 3 is 2.71 bits per heavy atom. The van der Waals surface area contributed by atoms with E-state index in [2.05, 4.69) is 25.4 Å². The van der Waals surface area contributed by atoms with E-state index in [-0.39, 0.29) is 23.2 Å². The summed E-state index contributed by atoms with van der Waals surface area (Å²) < 4.78 is 0. The number of carbonyl (C=O) groups excluding carboxylic acids is 1. The van der Waals surface area contributed by atoms with E-state index >= 15 is 0 Å². The number of aromatic amines is 1. The lowest BCUT2D eigenvalue weighted by Crippen LogP contribution is -2.30. The van der Waals surface area contributed by atoms with Crippen LogP contribution in [-0.4, -0.2) is 39.3 Å². The minimum atomic E-state index is -0.413. The fourth-order valence-electron chi connectivity index (χ4n) is 2.82. The van der Waals surface area contributed by atoms with Crippen LogP contribution in [0.25, 0.3) is 0 Å². The van der Waals surface area contributed by atoms with Gasteiger partial charge in [-0.2, -0.15) is 4.98 Å². The number of piperidine rings is 1. The Hall–Kier alpha value is -2.57. The molecule has 3 N–H and O–H groups in total. The van der Waals surface area contributed by atoms with E-state index in [1.54, 1.807) is 12.1 Å². The molecule has 1 fully saturated rings. The maximum absolute atomic E-state index is 12.3. The SMILES string of the molecule is CC(C)c1ccc(C(=O)Nc2nc(N3CCCCC3)n[nH]2)c(O)c1. The van der Waals surface area contributed by atoms with Crippen molar-refractivity contribution in [2.45, 2.75) is 39.0 Å². The third-order valence-electron chi connectivity index (χ3n) is 4.28. The van der Waals surface area contributed by atoms with Gasteiger partial charge in [0.25, 0.3) is 5.91 Å². The number of phenolic OH excluding ortho intramolecular Hbond substituents is 1. The van der Waals surface area contributed by atoms with E-state index in [4.69, 9.17) is 0 Å². The molecule has 1 aromatic heterocycles. The Bertz CT molecular complexity index is 720. The van der Waals surface area contributed by atoms with Gasteiger partial charge in [0.05, 0.1) is 5.56 Å². The van der Waals surface area contributed by atoms with Crippen LogP contribution in [-0.2, 0) is 0 Å². The van der Waals surface area contributed by atoms with Gasteiger partial charge in [-0.25, -0.2) is 5.10 Å². The Kier molecular flexibility index (Phi) is 4.69. The molecule has 0 unspecified atom stereocenters. The maximum Gasteiger partial charge on any atom is 0.261 e. The molecule has 0 bridgehead atoms. The number of aromatic nitrogens is 3.